The molecule has 188 valence electrons. The van der Waals surface area contributed by atoms with Crippen LogP contribution in [0.3, 0.4) is 0 Å². The van der Waals surface area contributed by atoms with Crippen LogP contribution in [0.5, 0.6) is 0 Å². The molecule has 0 amide bonds. The molecule has 3 aromatic heterocycles. The lowest BCUT2D eigenvalue weighted by Crippen LogP contribution is -2.12. The van der Waals surface area contributed by atoms with Gasteiger partial charge in [-0.1, -0.05) is 98.3 Å². The second-order valence-electron chi connectivity index (χ2n) is 9.50. The van der Waals surface area contributed by atoms with Gasteiger partial charge in [-0.15, -0.1) is 0 Å². The van der Waals surface area contributed by atoms with Gasteiger partial charge in [0.2, 0.25) is 0 Å². The zero-order valence-corrected chi connectivity index (χ0v) is 21.6. The number of fused-ring (bicyclic) bond motifs is 2. The molecular weight excluding hydrogens is 480 g/mol. The Morgan fingerprint density at radius 3 is 1.44 bits per heavy atom. The van der Waals surface area contributed by atoms with Crippen LogP contribution in [0.4, 0.5) is 0 Å². The van der Waals surface area contributed by atoms with Gasteiger partial charge in [-0.05, 0) is 30.7 Å². The van der Waals surface area contributed by atoms with Crippen molar-refractivity contribution in [1.29, 1.82) is 0 Å². The number of para-hydroxylation sites is 4. The molecule has 0 radical (unpaired) electrons. The summed E-state index contributed by atoms with van der Waals surface area (Å²) in [4.78, 5) is 19.9. The van der Waals surface area contributed by atoms with E-state index in [-0.39, 0.29) is 0 Å². The number of hydrogen-bond donors (Lipinski definition) is 0. The van der Waals surface area contributed by atoms with E-state index in [0.29, 0.717) is 0 Å². The molecule has 0 fully saturated rings. The molecule has 0 unspecified atom stereocenters. The number of aromatic nitrogens is 6. The fraction of sp³-hybridized carbons (Fsp3) is 0.0909. The average molecular weight is 507 g/mol. The van der Waals surface area contributed by atoms with Crippen LogP contribution >= 0.6 is 0 Å². The van der Waals surface area contributed by atoms with Gasteiger partial charge in [0.1, 0.15) is 29.6 Å². The third-order valence-corrected chi connectivity index (χ3v) is 7.01. The Morgan fingerprint density at radius 1 is 0.538 bits per heavy atom. The Hall–Kier alpha value is -5.10. The summed E-state index contributed by atoms with van der Waals surface area (Å²) in [7, 11) is 0. The van der Waals surface area contributed by atoms with Crippen molar-refractivity contribution < 1.29 is 0 Å². The lowest BCUT2D eigenvalue weighted by molar-refractivity contribution is 0.843. The second-order valence-corrected chi connectivity index (χ2v) is 9.50. The van der Waals surface area contributed by atoms with Gasteiger partial charge in [-0.2, -0.15) is 0 Å². The van der Waals surface area contributed by atoms with E-state index in [1.54, 1.807) is 6.33 Å². The molecule has 0 saturated heterocycles. The maximum absolute atomic E-state index is 5.05. The van der Waals surface area contributed by atoms with Crippen LogP contribution in [0, 0.1) is 0 Å². The summed E-state index contributed by atoms with van der Waals surface area (Å²) < 4.78 is 4.37. The van der Waals surface area contributed by atoms with Crippen LogP contribution in [0.25, 0.3) is 56.5 Å². The van der Waals surface area contributed by atoms with Crippen LogP contribution in [-0.4, -0.2) is 29.1 Å². The van der Waals surface area contributed by atoms with Crippen LogP contribution < -0.4 is 0 Å². The molecule has 0 atom stereocenters. The van der Waals surface area contributed by atoms with Gasteiger partial charge in [-0.3, -0.25) is 9.13 Å². The maximum atomic E-state index is 5.05. The van der Waals surface area contributed by atoms with Gasteiger partial charge in [0.25, 0.3) is 0 Å². The Morgan fingerprint density at radius 2 is 0.974 bits per heavy atom. The number of hydrogen-bond acceptors (Lipinski definition) is 4. The van der Waals surface area contributed by atoms with Crippen molar-refractivity contribution in [1.82, 2.24) is 29.1 Å². The standard InChI is InChI=1S/C33H26N6/c1-2-13-25-32(38-28-20-11-9-18-26(28)36-30(38)23-14-5-3-6-15-23)34-22-35-33(25)39-29-21-12-10-19-27(29)37-31(39)24-16-7-4-8-17-24/h3-12,14-22H,2,13H2,1H3. The molecule has 0 aliphatic heterocycles. The minimum absolute atomic E-state index is 0.799. The quantitative estimate of drug-likeness (QED) is 0.235. The van der Waals surface area contributed by atoms with Crippen LogP contribution in [0.2, 0.25) is 0 Å². The summed E-state index contributed by atoms with van der Waals surface area (Å²) in [5, 5.41) is 0. The van der Waals surface area contributed by atoms with Crippen molar-refractivity contribution >= 4 is 22.1 Å². The van der Waals surface area contributed by atoms with Crippen molar-refractivity contribution in [2.75, 3.05) is 0 Å². The summed E-state index contributed by atoms with van der Waals surface area (Å²) in [5.41, 5.74) is 7.01. The van der Waals surface area contributed by atoms with Crippen molar-refractivity contribution in [2.45, 2.75) is 19.8 Å². The molecule has 0 N–H and O–H groups in total. The SMILES string of the molecule is CCCc1c(-n2c(-c3ccccc3)nc3ccccc32)ncnc1-n1c(-c2ccccc2)nc2ccccc21. The fourth-order valence-corrected chi connectivity index (χ4v) is 5.30. The zero-order valence-electron chi connectivity index (χ0n) is 21.6. The first kappa shape index (κ1) is 23.0. The largest absolute Gasteiger partial charge is 0.276 e. The molecule has 7 aromatic rings. The summed E-state index contributed by atoms with van der Waals surface area (Å²) in [6.45, 7) is 2.19. The van der Waals surface area contributed by atoms with Crippen LogP contribution in [0.1, 0.15) is 18.9 Å². The first-order chi connectivity index (χ1) is 19.3. The Kier molecular flexibility index (Phi) is 5.70. The average Bonchev–Trinajstić information content (AvgIpc) is 3.58. The molecule has 0 spiro atoms. The van der Waals surface area contributed by atoms with E-state index in [9.17, 15) is 0 Å². The Bertz CT molecular complexity index is 1780. The van der Waals surface area contributed by atoms with Gasteiger partial charge < -0.3 is 0 Å². The highest BCUT2D eigenvalue weighted by molar-refractivity contribution is 5.85. The third-order valence-electron chi connectivity index (χ3n) is 7.01. The highest BCUT2D eigenvalue weighted by Crippen LogP contribution is 2.34. The van der Waals surface area contributed by atoms with Crippen molar-refractivity contribution in [2.24, 2.45) is 0 Å². The van der Waals surface area contributed by atoms with Crippen molar-refractivity contribution in [3.8, 4) is 34.4 Å². The molecule has 0 bridgehead atoms. The molecule has 7 rings (SSSR count). The molecule has 6 nitrogen and oxygen atoms in total. The summed E-state index contributed by atoms with van der Waals surface area (Å²) in [6, 6.07) is 37.1. The fourth-order valence-electron chi connectivity index (χ4n) is 5.30. The van der Waals surface area contributed by atoms with E-state index in [2.05, 4.69) is 64.6 Å². The molecule has 0 aliphatic rings. The predicted octanol–water partition coefficient (Wildman–Crippen LogP) is 7.44. The van der Waals surface area contributed by atoms with E-state index in [4.69, 9.17) is 19.9 Å². The van der Waals surface area contributed by atoms with Crippen molar-refractivity contribution in [3.05, 3.63) is 121 Å². The predicted molar refractivity (Wildman–Crippen MR) is 156 cm³/mol. The first-order valence-electron chi connectivity index (χ1n) is 13.2. The highest BCUT2D eigenvalue weighted by atomic mass is 15.2. The van der Waals surface area contributed by atoms with E-state index in [0.717, 1.165) is 74.9 Å². The Labute approximate surface area is 226 Å². The zero-order chi connectivity index (χ0) is 26.2. The van der Waals surface area contributed by atoms with E-state index < -0.39 is 0 Å². The minimum atomic E-state index is 0.799. The smallest absolute Gasteiger partial charge is 0.147 e. The summed E-state index contributed by atoms with van der Waals surface area (Å²) in [5.74, 6) is 3.40. The van der Waals surface area contributed by atoms with E-state index >= 15 is 0 Å². The van der Waals surface area contributed by atoms with Gasteiger partial charge in [0.15, 0.2) is 0 Å². The molecule has 0 aliphatic carbocycles. The molecule has 4 aromatic carbocycles. The van der Waals surface area contributed by atoms with E-state index in [1.165, 1.54) is 0 Å². The molecule has 6 heteroatoms. The lowest BCUT2D eigenvalue weighted by atomic mass is 10.1. The molecule has 39 heavy (non-hydrogen) atoms. The topological polar surface area (TPSA) is 61.4 Å². The van der Waals surface area contributed by atoms with Crippen molar-refractivity contribution in [3.63, 3.8) is 0 Å². The molecule has 3 heterocycles. The number of benzene rings is 4. The van der Waals surface area contributed by atoms with Crippen LogP contribution in [0.15, 0.2) is 116 Å². The van der Waals surface area contributed by atoms with Gasteiger partial charge >= 0.3 is 0 Å². The highest BCUT2D eigenvalue weighted by Gasteiger charge is 2.23. The van der Waals surface area contributed by atoms with Crippen LogP contribution in [-0.2, 0) is 6.42 Å². The third kappa shape index (κ3) is 3.89. The number of rotatable bonds is 6. The van der Waals surface area contributed by atoms with E-state index in [1.807, 2.05) is 60.7 Å². The summed E-state index contributed by atoms with van der Waals surface area (Å²) >= 11 is 0. The van der Waals surface area contributed by atoms with Gasteiger partial charge in [-0.25, -0.2) is 19.9 Å². The monoisotopic (exact) mass is 506 g/mol. The number of nitrogens with zero attached hydrogens (tertiary/aromatic N) is 6. The molecular formula is C33H26N6. The van der Waals surface area contributed by atoms with Gasteiger partial charge in [0, 0.05) is 16.7 Å². The summed E-state index contributed by atoms with van der Waals surface area (Å²) in [6.07, 6.45) is 3.40. The second kappa shape index (κ2) is 9.65. The Balaban J connectivity index is 1.56. The minimum Gasteiger partial charge on any atom is -0.276 e. The number of imidazole rings is 2. The molecule has 0 saturated carbocycles. The van der Waals surface area contributed by atoms with Gasteiger partial charge in [0.05, 0.1) is 22.1 Å². The first-order valence-corrected chi connectivity index (χ1v) is 13.2. The maximum Gasteiger partial charge on any atom is 0.147 e. The normalized spacial score (nSPS) is 11.4. The lowest BCUT2D eigenvalue weighted by Gasteiger charge is -2.18.